The molecule has 2 amide bonds. The summed E-state index contributed by atoms with van der Waals surface area (Å²) in [5.41, 5.74) is 0.949. The maximum absolute atomic E-state index is 13.1. The molecule has 0 spiro atoms. The Hall–Kier alpha value is -3.41. The number of nitrogens with one attached hydrogen (secondary N) is 1. The minimum absolute atomic E-state index is 0.0882. The number of aromatic nitrogens is 3. The number of anilines is 3. The lowest BCUT2D eigenvalue weighted by molar-refractivity contribution is -0.133. The summed E-state index contributed by atoms with van der Waals surface area (Å²) in [7, 11) is 1.89. The number of amides is 2. The topological polar surface area (TPSA) is 107 Å². The minimum atomic E-state index is -0.858. The van der Waals surface area contributed by atoms with E-state index in [9.17, 15) is 14.9 Å². The average Bonchev–Trinajstić information content (AvgIpc) is 3.42. The summed E-state index contributed by atoms with van der Waals surface area (Å²) >= 11 is 0. The molecule has 9 heteroatoms. The number of carbonyl (C=O) groups is 2. The van der Waals surface area contributed by atoms with Crippen LogP contribution in [0.1, 0.15) is 37.8 Å². The van der Waals surface area contributed by atoms with Gasteiger partial charge in [-0.2, -0.15) is 10.4 Å². The lowest BCUT2D eigenvalue weighted by atomic mass is 9.83. The Bertz CT molecular complexity index is 1090. The third kappa shape index (κ3) is 3.23. The van der Waals surface area contributed by atoms with Crippen LogP contribution in [0.15, 0.2) is 24.4 Å². The van der Waals surface area contributed by atoms with Gasteiger partial charge in [0.15, 0.2) is 5.82 Å². The van der Waals surface area contributed by atoms with Gasteiger partial charge in [0.1, 0.15) is 11.2 Å². The lowest BCUT2D eigenvalue weighted by Crippen LogP contribution is -2.48. The summed E-state index contributed by atoms with van der Waals surface area (Å²) < 4.78 is 1.83. The van der Waals surface area contributed by atoms with Crippen LogP contribution in [0.25, 0.3) is 0 Å². The summed E-state index contributed by atoms with van der Waals surface area (Å²) in [6.45, 7) is 3.55. The van der Waals surface area contributed by atoms with E-state index in [1.54, 1.807) is 24.1 Å². The van der Waals surface area contributed by atoms with Gasteiger partial charge in [0.2, 0.25) is 11.8 Å². The molecule has 0 bridgehead atoms. The fourth-order valence-electron chi connectivity index (χ4n) is 4.77. The second-order valence-electron chi connectivity index (χ2n) is 8.79. The van der Waals surface area contributed by atoms with Crippen LogP contribution in [0.5, 0.6) is 0 Å². The van der Waals surface area contributed by atoms with Crippen LogP contribution < -0.4 is 10.2 Å². The smallest absolute Gasteiger partial charge is 0.247 e. The molecule has 31 heavy (non-hydrogen) atoms. The van der Waals surface area contributed by atoms with E-state index in [-0.39, 0.29) is 23.7 Å². The monoisotopic (exact) mass is 419 g/mol. The van der Waals surface area contributed by atoms with Gasteiger partial charge < -0.3 is 15.1 Å². The fraction of sp³-hybridized carbons (Fsp3) is 0.500. The number of likely N-dealkylation sites (tertiary alicyclic amines) is 1. The summed E-state index contributed by atoms with van der Waals surface area (Å²) in [4.78, 5) is 32.4. The number of rotatable bonds is 5. The second-order valence-corrected chi connectivity index (χ2v) is 8.79. The second kappa shape index (κ2) is 7.08. The van der Waals surface area contributed by atoms with E-state index in [1.165, 1.54) is 0 Å². The quantitative estimate of drug-likeness (QED) is 0.796. The van der Waals surface area contributed by atoms with E-state index in [0.29, 0.717) is 37.7 Å². The maximum Gasteiger partial charge on any atom is 0.247 e. The fourth-order valence-corrected chi connectivity index (χ4v) is 4.77. The molecule has 5 rings (SSSR count). The average molecular weight is 419 g/mol. The molecule has 4 heterocycles. The van der Waals surface area contributed by atoms with E-state index in [1.807, 2.05) is 28.8 Å². The zero-order valence-electron chi connectivity index (χ0n) is 17.7. The van der Waals surface area contributed by atoms with E-state index in [0.717, 1.165) is 24.2 Å². The van der Waals surface area contributed by atoms with Crippen molar-refractivity contribution in [3.05, 3.63) is 30.1 Å². The number of nitrogens with zero attached hydrogens (tertiary/aromatic N) is 6. The zero-order valence-corrected chi connectivity index (χ0v) is 17.7. The van der Waals surface area contributed by atoms with Crippen LogP contribution in [0, 0.1) is 22.7 Å². The molecule has 0 radical (unpaired) electrons. The highest BCUT2D eigenvalue weighted by atomic mass is 16.2. The third-order valence-electron chi connectivity index (χ3n) is 6.80. The molecule has 2 aliphatic heterocycles. The Morgan fingerprint density at radius 3 is 2.74 bits per heavy atom. The SMILES string of the molecule is CC(=O)N1CC(c2cc(Nc3cc(N4CC[C@@](C#N)(C5CC5)C4=O)ccn3)nn2C)C1. The summed E-state index contributed by atoms with van der Waals surface area (Å²) in [6, 6.07) is 7.93. The standard InChI is InChI=1S/C22H25N7O2/c1-14(30)28-11-15(12-28)18-10-20(26-27(18)2)25-19-9-17(5-7-24-19)29-8-6-22(13-23,21(29)31)16-3-4-16/h5,7,9-10,15-16H,3-4,6,8,11-12H2,1-2H3,(H,24,25,26)/t22-/m1/s1. The molecule has 3 aliphatic rings. The first-order valence-electron chi connectivity index (χ1n) is 10.7. The number of hydrogen-bond donors (Lipinski definition) is 1. The van der Waals surface area contributed by atoms with Gasteiger partial charge in [-0.1, -0.05) is 0 Å². The van der Waals surface area contributed by atoms with Gasteiger partial charge >= 0.3 is 0 Å². The molecule has 1 N–H and O–H groups in total. The minimum Gasteiger partial charge on any atom is -0.341 e. The van der Waals surface area contributed by atoms with Crippen molar-refractivity contribution in [2.45, 2.75) is 32.1 Å². The van der Waals surface area contributed by atoms with Gasteiger partial charge in [0, 0.05) is 69.2 Å². The maximum atomic E-state index is 13.1. The predicted molar refractivity (Wildman–Crippen MR) is 113 cm³/mol. The summed E-state index contributed by atoms with van der Waals surface area (Å²) in [5.74, 6) is 1.74. The molecule has 160 valence electrons. The van der Waals surface area contributed by atoms with Gasteiger partial charge in [0.25, 0.3) is 0 Å². The first-order chi connectivity index (χ1) is 14.9. The van der Waals surface area contributed by atoms with Gasteiger partial charge in [-0.3, -0.25) is 14.3 Å². The lowest BCUT2D eigenvalue weighted by Gasteiger charge is -2.38. The Morgan fingerprint density at radius 1 is 1.29 bits per heavy atom. The normalized spacial score (nSPS) is 23.6. The van der Waals surface area contributed by atoms with Crippen LogP contribution in [-0.2, 0) is 16.6 Å². The van der Waals surface area contributed by atoms with Crippen LogP contribution >= 0.6 is 0 Å². The van der Waals surface area contributed by atoms with Gasteiger partial charge in [0.05, 0.1) is 6.07 Å². The molecular formula is C22H25N7O2. The molecule has 2 saturated heterocycles. The molecule has 2 aromatic heterocycles. The summed E-state index contributed by atoms with van der Waals surface area (Å²) in [6.07, 6.45) is 4.17. The number of pyridine rings is 1. The van der Waals surface area contributed by atoms with Crippen molar-refractivity contribution in [1.82, 2.24) is 19.7 Å². The Morgan fingerprint density at radius 2 is 2.06 bits per heavy atom. The Kier molecular flexibility index (Phi) is 4.46. The predicted octanol–water partition coefficient (Wildman–Crippen LogP) is 2.16. The third-order valence-corrected chi connectivity index (χ3v) is 6.80. The number of carbonyl (C=O) groups excluding carboxylic acids is 2. The van der Waals surface area contributed by atoms with Crippen molar-refractivity contribution in [2.75, 3.05) is 29.9 Å². The molecular weight excluding hydrogens is 394 g/mol. The van der Waals surface area contributed by atoms with Crippen LogP contribution in [0.4, 0.5) is 17.3 Å². The van der Waals surface area contributed by atoms with Crippen LogP contribution in [0.3, 0.4) is 0 Å². The van der Waals surface area contributed by atoms with Gasteiger partial charge in [-0.15, -0.1) is 0 Å². The van der Waals surface area contributed by atoms with Crippen molar-refractivity contribution in [1.29, 1.82) is 5.26 Å². The number of nitriles is 1. The summed E-state index contributed by atoms with van der Waals surface area (Å²) in [5, 5.41) is 17.5. The van der Waals surface area contributed by atoms with Crippen molar-refractivity contribution < 1.29 is 9.59 Å². The van der Waals surface area contributed by atoms with Gasteiger partial charge in [-0.05, 0) is 31.2 Å². The highest BCUT2D eigenvalue weighted by Gasteiger charge is 2.56. The molecule has 1 atom stereocenters. The zero-order chi connectivity index (χ0) is 21.8. The van der Waals surface area contributed by atoms with E-state index < -0.39 is 5.41 Å². The molecule has 0 unspecified atom stereocenters. The molecule has 0 aromatic carbocycles. The molecule has 2 aromatic rings. The van der Waals surface area contributed by atoms with Crippen molar-refractivity contribution in [3.63, 3.8) is 0 Å². The first kappa shape index (κ1) is 19.5. The Labute approximate surface area is 180 Å². The highest BCUT2D eigenvalue weighted by molar-refractivity contribution is 6.02. The van der Waals surface area contributed by atoms with E-state index in [2.05, 4.69) is 21.5 Å². The van der Waals surface area contributed by atoms with E-state index in [4.69, 9.17) is 0 Å². The van der Waals surface area contributed by atoms with Crippen molar-refractivity contribution in [3.8, 4) is 6.07 Å². The number of aryl methyl sites for hydroxylation is 1. The molecule has 1 aliphatic carbocycles. The van der Waals surface area contributed by atoms with Crippen molar-refractivity contribution >= 4 is 29.1 Å². The van der Waals surface area contributed by atoms with Crippen LogP contribution in [-0.4, -0.2) is 51.1 Å². The first-order valence-corrected chi connectivity index (χ1v) is 10.7. The van der Waals surface area contributed by atoms with Crippen LogP contribution in [0.2, 0.25) is 0 Å². The van der Waals surface area contributed by atoms with Crippen molar-refractivity contribution in [2.24, 2.45) is 18.4 Å². The molecule has 9 nitrogen and oxygen atoms in total. The largest absolute Gasteiger partial charge is 0.341 e. The number of hydrogen-bond acceptors (Lipinski definition) is 6. The van der Waals surface area contributed by atoms with E-state index >= 15 is 0 Å². The highest BCUT2D eigenvalue weighted by Crippen LogP contribution is 2.51. The Balaban J connectivity index is 1.31. The molecule has 1 saturated carbocycles. The van der Waals surface area contributed by atoms with Gasteiger partial charge in [-0.25, -0.2) is 4.98 Å². The molecule has 3 fully saturated rings.